The van der Waals surface area contributed by atoms with Crippen LogP contribution in [0.4, 0.5) is 0 Å². The molecule has 0 aromatic carbocycles. The molecule has 5 heteroatoms. The topological polar surface area (TPSA) is 68.4 Å². The first-order valence-electron chi connectivity index (χ1n) is 7.74. The Morgan fingerprint density at radius 1 is 1.35 bits per heavy atom. The maximum Gasteiger partial charge on any atom is 0.227 e. The summed E-state index contributed by atoms with van der Waals surface area (Å²) < 4.78 is 11.1. The molecule has 114 valence electrons. The van der Waals surface area contributed by atoms with E-state index in [4.69, 9.17) is 9.26 Å². The molecular weight excluding hydrogens is 256 g/mol. The van der Waals surface area contributed by atoms with Crippen LogP contribution in [0.1, 0.15) is 64.6 Å². The van der Waals surface area contributed by atoms with Crippen molar-refractivity contribution in [3.8, 4) is 0 Å². The molecule has 5 nitrogen and oxygen atoms in total. The predicted molar refractivity (Wildman–Crippen MR) is 75.2 cm³/mol. The van der Waals surface area contributed by atoms with Gasteiger partial charge in [0.1, 0.15) is 5.60 Å². The number of aromatic nitrogens is 2. The van der Waals surface area contributed by atoms with Crippen molar-refractivity contribution >= 4 is 0 Å². The van der Waals surface area contributed by atoms with Gasteiger partial charge < -0.3 is 14.4 Å². The summed E-state index contributed by atoms with van der Waals surface area (Å²) in [4.78, 5) is 4.49. The Hall–Kier alpha value is -0.940. The molecule has 3 unspecified atom stereocenters. The van der Waals surface area contributed by atoms with E-state index >= 15 is 0 Å². The minimum Gasteiger partial charge on any atom is -0.393 e. The van der Waals surface area contributed by atoms with E-state index in [-0.39, 0.29) is 12.0 Å². The zero-order chi connectivity index (χ0) is 14.6. The van der Waals surface area contributed by atoms with Gasteiger partial charge in [-0.2, -0.15) is 4.98 Å². The molecule has 3 atom stereocenters. The minimum absolute atomic E-state index is 0.233. The molecule has 0 radical (unpaired) electrons. The van der Waals surface area contributed by atoms with Gasteiger partial charge in [0.15, 0.2) is 0 Å². The Bertz CT molecular complexity index is 421. The van der Waals surface area contributed by atoms with E-state index in [9.17, 15) is 5.11 Å². The standard InChI is InChI=1S/C15H26N2O3/c1-4-15(3,19-5-2)14-16-13(20-17-14)10-11-8-6-7-9-12(11)18/h11-12,18H,4-10H2,1-3H3. The van der Waals surface area contributed by atoms with Crippen molar-refractivity contribution in [2.75, 3.05) is 6.61 Å². The van der Waals surface area contributed by atoms with Gasteiger partial charge in [-0.25, -0.2) is 0 Å². The molecule has 0 saturated heterocycles. The molecule has 1 aliphatic carbocycles. The van der Waals surface area contributed by atoms with Crippen LogP contribution in [-0.2, 0) is 16.8 Å². The summed E-state index contributed by atoms with van der Waals surface area (Å²) in [5, 5.41) is 14.1. The van der Waals surface area contributed by atoms with E-state index in [1.807, 2.05) is 13.8 Å². The van der Waals surface area contributed by atoms with Crippen molar-refractivity contribution in [1.82, 2.24) is 10.1 Å². The van der Waals surface area contributed by atoms with Gasteiger partial charge in [0.2, 0.25) is 11.7 Å². The van der Waals surface area contributed by atoms with Crippen LogP contribution in [-0.4, -0.2) is 28.0 Å². The molecular formula is C15H26N2O3. The van der Waals surface area contributed by atoms with Gasteiger partial charge >= 0.3 is 0 Å². The lowest BCUT2D eigenvalue weighted by atomic mass is 9.84. The molecule has 1 aromatic heterocycles. The molecule has 0 aliphatic heterocycles. The first-order chi connectivity index (χ1) is 9.59. The fourth-order valence-electron chi connectivity index (χ4n) is 2.85. The Morgan fingerprint density at radius 2 is 2.10 bits per heavy atom. The van der Waals surface area contributed by atoms with Gasteiger partial charge in [0.25, 0.3) is 0 Å². The smallest absolute Gasteiger partial charge is 0.227 e. The second kappa shape index (κ2) is 6.68. The van der Waals surface area contributed by atoms with E-state index in [0.29, 0.717) is 24.7 Å². The van der Waals surface area contributed by atoms with Gasteiger partial charge in [-0.05, 0) is 39.0 Å². The molecule has 1 saturated carbocycles. The normalized spacial score (nSPS) is 26.4. The SMILES string of the molecule is CCOC(C)(CC)c1noc(CC2CCCCC2O)n1. The average molecular weight is 282 g/mol. The average Bonchev–Trinajstić information content (AvgIpc) is 2.91. The lowest BCUT2D eigenvalue weighted by Gasteiger charge is -2.26. The van der Waals surface area contributed by atoms with Crippen LogP contribution < -0.4 is 0 Å². The van der Waals surface area contributed by atoms with Gasteiger partial charge in [0, 0.05) is 13.0 Å². The Balaban J connectivity index is 2.04. The lowest BCUT2D eigenvalue weighted by Crippen LogP contribution is -2.27. The predicted octanol–water partition coefficient (Wildman–Crippen LogP) is 2.82. The zero-order valence-corrected chi connectivity index (χ0v) is 12.8. The van der Waals surface area contributed by atoms with E-state index in [0.717, 1.165) is 25.7 Å². The van der Waals surface area contributed by atoms with Crippen molar-refractivity contribution in [1.29, 1.82) is 0 Å². The first kappa shape index (κ1) is 15.4. The summed E-state index contributed by atoms with van der Waals surface area (Å²) in [7, 11) is 0. The highest BCUT2D eigenvalue weighted by atomic mass is 16.5. The fraction of sp³-hybridized carbons (Fsp3) is 0.867. The summed E-state index contributed by atoms with van der Waals surface area (Å²) in [5.41, 5.74) is -0.484. The van der Waals surface area contributed by atoms with E-state index in [1.54, 1.807) is 0 Å². The third-order valence-corrected chi connectivity index (χ3v) is 4.38. The van der Waals surface area contributed by atoms with Crippen LogP contribution in [0.25, 0.3) is 0 Å². The second-order valence-electron chi connectivity index (χ2n) is 5.85. The number of rotatable bonds is 6. The highest BCUT2D eigenvalue weighted by Gasteiger charge is 2.32. The third-order valence-electron chi connectivity index (χ3n) is 4.38. The number of nitrogens with zero attached hydrogens (tertiary/aromatic N) is 2. The van der Waals surface area contributed by atoms with Crippen LogP contribution in [0.15, 0.2) is 4.52 Å². The number of aliphatic hydroxyl groups is 1. The second-order valence-corrected chi connectivity index (χ2v) is 5.85. The molecule has 2 rings (SSSR count). The summed E-state index contributed by atoms with van der Waals surface area (Å²) in [6, 6.07) is 0. The molecule has 0 bridgehead atoms. The molecule has 1 aliphatic rings. The van der Waals surface area contributed by atoms with Crippen molar-refractivity contribution in [2.45, 2.75) is 71.0 Å². The van der Waals surface area contributed by atoms with Crippen LogP contribution in [0.3, 0.4) is 0 Å². The highest BCUT2D eigenvalue weighted by molar-refractivity contribution is 5.00. The van der Waals surface area contributed by atoms with Gasteiger partial charge in [-0.15, -0.1) is 0 Å². The van der Waals surface area contributed by atoms with Crippen LogP contribution in [0.5, 0.6) is 0 Å². The molecule has 1 heterocycles. The minimum atomic E-state index is -0.484. The van der Waals surface area contributed by atoms with Crippen molar-refractivity contribution in [3.63, 3.8) is 0 Å². The maximum absolute atomic E-state index is 10.0. The van der Waals surface area contributed by atoms with Gasteiger partial charge in [0.05, 0.1) is 6.10 Å². The maximum atomic E-state index is 10.0. The summed E-state index contributed by atoms with van der Waals surface area (Å²) in [6.07, 6.45) is 5.45. The van der Waals surface area contributed by atoms with Crippen LogP contribution in [0.2, 0.25) is 0 Å². The Morgan fingerprint density at radius 3 is 2.75 bits per heavy atom. The largest absolute Gasteiger partial charge is 0.393 e. The number of hydrogen-bond donors (Lipinski definition) is 1. The summed E-state index contributed by atoms with van der Waals surface area (Å²) >= 11 is 0. The first-order valence-corrected chi connectivity index (χ1v) is 7.74. The number of ether oxygens (including phenoxy) is 1. The van der Waals surface area contributed by atoms with Crippen molar-refractivity contribution < 1.29 is 14.4 Å². The third kappa shape index (κ3) is 3.38. The quantitative estimate of drug-likeness (QED) is 0.869. The highest BCUT2D eigenvalue weighted by Crippen LogP contribution is 2.29. The monoisotopic (exact) mass is 282 g/mol. The molecule has 0 spiro atoms. The van der Waals surface area contributed by atoms with Crippen LogP contribution >= 0.6 is 0 Å². The molecule has 20 heavy (non-hydrogen) atoms. The van der Waals surface area contributed by atoms with Gasteiger partial charge in [-0.3, -0.25) is 0 Å². The van der Waals surface area contributed by atoms with E-state index < -0.39 is 5.60 Å². The number of hydrogen-bond acceptors (Lipinski definition) is 5. The fourth-order valence-corrected chi connectivity index (χ4v) is 2.85. The van der Waals surface area contributed by atoms with Gasteiger partial charge in [-0.1, -0.05) is 24.9 Å². The van der Waals surface area contributed by atoms with Crippen molar-refractivity contribution in [3.05, 3.63) is 11.7 Å². The van der Waals surface area contributed by atoms with Crippen molar-refractivity contribution in [2.24, 2.45) is 5.92 Å². The summed E-state index contributed by atoms with van der Waals surface area (Å²) in [5.74, 6) is 1.48. The summed E-state index contributed by atoms with van der Waals surface area (Å²) in [6.45, 7) is 6.63. The Labute approximate surface area is 120 Å². The number of aliphatic hydroxyl groups excluding tert-OH is 1. The van der Waals surface area contributed by atoms with E-state index in [1.165, 1.54) is 6.42 Å². The zero-order valence-electron chi connectivity index (χ0n) is 12.8. The van der Waals surface area contributed by atoms with Crippen LogP contribution in [0, 0.1) is 5.92 Å². The molecule has 1 aromatic rings. The lowest BCUT2D eigenvalue weighted by molar-refractivity contribution is -0.0403. The molecule has 0 amide bonds. The Kier molecular flexibility index (Phi) is 5.16. The molecule has 1 N–H and O–H groups in total. The molecule has 1 fully saturated rings. The van der Waals surface area contributed by atoms with E-state index in [2.05, 4.69) is 17.1 Å².